The summed E-state index contributed by atoms with van der Waals surface area (Å²) in [4.78, 5) is 19.5. The maximum Gasteiger partial charge on any atom is 0.233 e. The number of nitrogens with zero attached hydrogens (tertiary/aromatic N) is 2. The summed E-state index contributed by atoms with van der Waals surface area (Å²) in [5.41, 5.74) is 1.90. The van der Waals surface area contributed by atoms with Crippen molar-refractivity contribution in [2.45, 2.75) is 39.0 Å². The molecular formula is C19H22N2OS. The van der Waals surface area contributed by atoms with Crippen LogP contribution in [0, 0.1) is 24.7 Å². The van der Waals surface area contributed by atoms with Crippen molar-refractivity contribution in [2.75, 3.05) is 4.90 Å². The Hall–Kier alpha value is -1.68. The van der Waals surface area contributed by atoms with Gasteiger partial charge < -0.3 is 0 Å². The van der Waals surface area contributed by atoms with Gasteiger partial charge in [-0.25, -0.2) is 4.98 Å². The molecule has 1 amide bonds. The summed E-state index contributed by atoms with van der Waals surface area (Å²) >= 11 is 1.55. The van der Waals surface area contributed by atoms with Crippen molar-refractivity contribution in [2.24, 2.45) is 17.8 Å². The SMILES string of the molecule is Cc1csc(N(C(=O)CC2CC3CCC2C3)c2ccccc2)n1. The monoisotopic (exact) mass is 326 g/mol. The molecule has 0 N–H and O–H groups in total. The number of carbonyl (C=O) groups excluding carboxylic acids is 1. The van der Waals surface area contributed by atoms with E-state index in [2.05, 4.69) is 4.98 Å². The smallest absolute Gasteiger partial charge is 0.233 e. The van der Waals surface area contributed by atoms with Gasteiger partial charge in [-0.1, -0.05) is 24.6 Å². The third kappa shape index (κ3) is 2.92. The number of hydrogen-bond acceptors (Lipinski definition) is 3. The van der Waals surface area contributed by atoms with Gasteiger partial charge in [0.05, 0.1) is 11.4 Å². The van der Waals surface area contributed by atoms with E-state index in [1.807, 2.05) is 47.5 Å². The molecule has 2 fully saturated rings. The maximum absolute atomic E-state index is 13.1. The molecule has 2 aliphatic carbocycles. The quantitative estimate of drug-likeness (QED) is 0.797. The lowest BCUT2D eigenvalue weighted by Crippen LogP contribution is -2.29. The number of aryl methyl sites for hydroxylation is 1. The van der Waals surface area contributed by atoms with E-state index >= 15 is 0 Å². The van der Waals surface area contributed by atoms with Gasteiger partial charge in [0.1, 0.15) is 0 Å². The molecule has 0 radical (unpaired) electrons. The van der Waals surface area contributed by atoms with E-state index in [0.717, 1.165) is 28.3 Å². The molecule has 2 aliphatic rings. The minimum Gasteiger partial charge on any atom is -0.274 e. The Kier molecular flexibility index (Phi) is 3.93. The first-order valence-corrected chi connectivity index (χ1v) is 9.39. The Bertz CT molecular complexity index is 696. The van der Waals surface area contributed by atoms with Gasteiger partial charge >= 0.3 is 0 Å². The highest BCUT2D eigenvalue weighted by Crippen LogP contribution is 2.50. The molecule has 3 unspecified atom stereocenters. The third-order valence-electron chi connectivity index (χ3n) is 5.38. The highest BCUT2D eigenvalue weighted by atomic mass is 32.1. The van der Waals surface area contributed by atoms with Crippen molar-refractivity contribution >= 4 is 28.1 Å². The summed E-state index contributed by atoms with van der Waals surface area (Å²) in [6.07, 6.45) is 5.96. The zero-order chi connectivity index (χ0) is 15.8. The molecule has 120 valence electrons. The standard InChI is InChI=1S/C19H22N2OS/c1-13-12-23-19(20-13)21(17-5-3-2-4-6-17)18(22)11-16-10-14-7-8-15(16)9-14/h2-6,12,14-16H,7-11H2,1H3. The Morgan fingerprint density at radius 3 is 2.70 bits per heavy atom. The van der Waals surface area contributed by atoms with Crippen molar-refractivity contribution in [3.63, 3.8) is 0 Å². The number of para-hydroxylation sites is 1. The van der Waals surface area contributed by atoms with Crippen LogP contribution < -0.4 is 4.90 Å². The minimum atomic E-state index is 0.197. The fourth-order valence-corrected chi connectivity index (χ4v) is 5.16. The van der Waals surface area contributed by atoms with Crippen LogP contribution in [0.5, 0.6) is 0 Å². The Morgan fingerprint density at radius 1 is 1.26 bits per heavy atom. The molecule has 1 aromatic carbocycles. The van der Waals surface area contributed by atoms with Gasteiger partial charge in [-0.05, 0) is 56.1 Å². The molecule has 23 heavy (non-hydrogen) atoms. The first kappa shape index (κ1) is 14.9. The lowest BCUT2D eigenvalue weighted by molar-refractivity contribution is -0.119. The number of carbonyl (C=O) groups is 1. The summed E-state index contributed by atoms with van der Waals surface area (Å²) in [5.74, 6) is 2.43. The van der Waals surface area contributed by atoms with Crippen LogP contribution in [0.25, 0.3) is 0 Å². The molecule has 3 atom stereocenters. The normalized spacial score (nSPS) is 25.7. The number of thiazole rings is 1. The number of fused-ring (bicyclic) bond motifs is 2. The van der Waals surface area contributed by atoms with E-state index in [1.165, 1.54) is 25.7 Å². The van der Waals surface area contributed by atoms with E-state index in [9.17, 15) is 4.79 Å². The molecule has 4 rings (SSSR count). The predicted octanol–water partition coefficient (Wildman–Crippen LogP) is 4.94. The first-order valence-electron chi connectivity index (χ1n) is 8.51. The average Bonchev–Trinajstić information content (AvgIpc) is 3.26. The molecular weight excluding hydrogens is 304 g/mol. The van der Waals surface area contributed by atoms with E-state index in [-0.39, 0.29) is 5.91 Å². The fourth-order valence-electron chi connectivity index (χ4n) is 4.32. The van der Waals surface area contributed by atoms with Crippen LogP contribution in [0.3, 0.4) is 0 Å². The van der Waals surface area contributed by atoms with Gasteiger partial charge in [-0.2, -0.15) is 0 Å². The molecule has 1 heterocycles. The highest BCUT2D eigenvalue weighted by molar-refractivity contribution is 7.14. The minimum absolute atomic E-state index is 0.197. The molecule has 0 aliphatic heterocycles. The largest absolute Gasteiger partial charge is 0.274 e. The molecule has 2 aromatic rings. The first-order chi connectivity index (χ1) is 11.2. The van der Waals surface area contributed by atoms with E-state index < -0.39 is 0 Å². The fraction of sp³-hybridized carbons (Fsp3) is 0.474. The number of rotatable bonds is 4. The molecule has 4 heteroatoms. The molecule has 3 nitrogen and oxygen atoms in total. The molecule has 2 saturated carbocycles. The second-order valence-electron chi connectivity index (χ2n) is 6.98. The van der Waals surface area contributed by atoms with Crippen molar-refractivity contribution < 1.29 is 4.79 Å². The van der Waals surface area contributed by atoms with Crippen LogP contribution in [0.1, 0.15) is 37.8 Å². The predicted molar refractivity (Wildman–Crippen MR) is 94.0 cm³/mol. The average molecular weight is 326 g/mol. The van der Waals surface area contributed by atoms with Crippen molar-refractivity contribution in [1.29, 1.82) is 0 Å². The van der Waals surface area contributed by atoms with Crippen LogP contribution >= 0.6 is 11.3 Å². The second-order valence-corrected chi connectivity index (χ2v) is 7.81. The zero-order valence-corrected chi connectivity index (χ0v) is 14.3. The number of anilines is 2. The van der Waals surface area contributed by atoms with Crippen LogP contribution in [-0.2, 0) is 4.79 Å². The van der Waals surface area contributed by atoms with Gasteiger partial charge in [-0.15, -0.1) is 11.3 Å². The lowest BCUT2D eigenvalue weighted by atomic mass is 9.86. The molecule has 1 aromatic heterocycles. The lowest BCUT2D eigenvalue weighted by Gasteiger charge is -2.25. The van der Waals surface area contributed by atoms with E-state index in [4.69, 9.17) is 0 Å². The zero-order valence-electron chi connectivity index (χ0n) is 13.4. The summed E-state index contributed by atoms with van der Waals surface area (Å²) in [6.45, 7) is 1.98. The summed E-state index contributed by atoms with van der Waals surface area (Å²) in [7, 11) is 0. The van der Waals surface area contributed by atoms with Gasteiger partial charge in [0.15, 0.2) is 5.13 Å². The number of hydrogen-bond donors (Lipinski definition) is 0. The number of benzene rings is 1. The molecule has 2 bridgehead atoms. The Morgan fingerprint density at radius 2 is 2.09 bits per heavy atom. The van der Waals surface area contributed by atoms with Crippen LogP contribution in [0.15, 0.2) is 35.7 Å². The topological polar surface area (TPSA) is 33.2 Å². The van der Waals surface area contributed by atoms with Gasteiger partial charge in [-0.3, -0.25) is 9.69 Å². The summed E-state index contributed by atoms with van der Waals surface area (Å²) in [5, 5.41) is 2.80. The van der Waals surface area contributed by atoms with Crippen LogP contribution in [0.2, 0.25) is 0 Å². The number of amides is 1. The highest BCUT2D eigenvalue weighted by Gasteiger charge is 2.41. The second kappa shape index (κ2) is 6.08. The van der Waals surface area contributed by atoms with Crippen molar-refractivity contribution in [3.05, 3.63) is 41.4 Å². The summed E-state index contributed by atoms with van der Waals surface area (Å²) < 4.78 is 0. The molecule has 0 spiro atoms. The van der Waals surface area contributed by atoms with Gasteiger partial charge in [0.2, 0.25) is 5.91 Å². The van der Waals surface area contributed by atoms with Gasteiger partial charge in [0, 0.05) is 11.8 Å². The Balaban J connectivity index is 1.58. The maximum atomic E-state index is 13.1. The van der Waals surface area contributed by atoms with Crippen LogP contribution in [0.4, 0.5) is 10.8 Å². The van der Waals surface area contributed by atoms with Crippen molar-refractivity contribution in [1.82, 2.24) is 4.98 Å². The van der Waals surface area contributed by atoms with Crippen LogP contribution in [-0.4, -0.2) is 10.9 Å². The Labute approximate surface area is 141 Å². The van der Waals surface area contributed by atoms with Crippen molar-refractivity contribution in [3.8, 4) is 0 Å². The number of aromatic nitrogens is 1. The molecule has 0 saturated heterocycles. The van der Waals surface area contributed by atoms with Gasteiger partial charge in [0.25, 0.3) is 0 Å². The van der Waals surface area contributed by atoms with E-state index in [1.54, 1.807) is 11.3 Å². The van der Waals surface area contributed by atoms with E-state index in [0.29, 0.717) is 12.3 Å². The third-order valence-corrected chi connectivity index (χ3v) is 6.33. The summed E-state index contributed by atoms with van der Waals surface area (Å²) in [6, 6.07) is 9.93.